The van der Waals surface area contributed by atoms with Gasteiger partial charge in [0.15, 0.2) is 0 Å². The van der Waals surface area contributed by atoms with Gasteiger partial charge in [-0.25, -0.2) is 5.84 Å². The highest BCUT2D eigenvalue weighted by Crippen LogP contribution is 2.26. The molecule has 1 aliphatic heterocycles. The SMILES string of the molecule is CONC1=C(N(N)CCN2CCOCC2)C(=O)c2ccccc2C1=O. The maximum Gasteiger partial charge on any atom is 0.214 e. The second kappa shape index (κ2) is 7.75. The van der Waals surface area contributed by atoms with Gasteiger partial charge in [-0.1, -0.05) is 24.3 Å². The monoisotopic (exact) mass is 346 g/mol. The number of carbonyl (C=O) groups excluding carboxylic acids is 2. The Morgan fingerprint density at radius 1 is 1.20 bits per heavy atom. The van der Waals surface area contributed by atoms with Crippen LogP contribution in [0, 0.1) is 0 Å². The molecule has 25 heavy (non-hydrogen) atoms. The molecule has 0 spiro atoms. The number of Topliss-reactive ketones (excluding diaryl/α,β-unsaturated/α-hetero) is 2. The van der Waals surface area contributed by atoms with Crippen LogP contribution in [-0.4, -0.2) is 68.0 Å². The van der Waals surface area contributed by atoms with Crippen molar-refractivity contribution in [3.05, 3.63) is 46.8 Å². The van der Waals surface area contributed by atoms with E-state index in [4.69, 9.17) is 15.4 Å². The van der Waals surface area contributed by atoms with E-state index in [1.807, 2.05) is 0 Å². The summed E-state index contributed by atoms with van der Waals surface area (Å²) < 4.78 is 5.32. The van der Waals surface area contributed by atoms with Gasteiger partial charge in [0.1, 0.15) is 11.4 Å². The molecule has 1 heterocycles. The van der Waals surface area contributed by atoms with Gasteiger partial charge in [-0.05, 0) is 0 Å². The zero-order chi connectivity index (χ0) is 17.8. The van der Waals surface area contributed by atoms with Gasteiger partial charge in [-0.15, -0.1) is 0 Å². The third-order valence-electron chi connectivity index (χ3n) is 4.35. The molecule has 0 unspecified atom stereocenters. The Morgan fingerprint density at radius 2 is 1.84 bits per heavy atom. The average Bonchev–Trinajstić information content (AvgIpc) is 2.65. The molecule has 0 amide bonds. The fourth-order valence-electron chi connectivity index (χ4n) is 3.02. The molecular formula is C17H22N4O4. The number of hydrogen-bond donors (Lipinski definition) is 2. The summed E-state index contributed by atoms with van der Waals surface area (Å²) in [7, 11) is 1.39. The van der Waals surface area contributed by atoms with Gasteiger partial charge >= 0.3 is 0 Å². The summed E-state index contributed by atoms with van der Waals surface area (Å²) in [4.78, 5) is 32.7. The number of carbonyl (C=O) groups is 2. The Bertz CT molecular complexity index is 698. The van der Waals surface area contributed by atoms with Crippen molar-refractivity contribution < 1.29 is 19.2 Å². The Balaban J connectivity index is 1.83. The summed E-state index contributed by atoms with van der Waals surface area (Å²) in [6.45, 7) is 4.11. The molecule has 1 saturated heterocycles. The van der Waals surface area contributed by atoms with Crippen LogP contribution in [0.15, 0.2) is 35.7 Å². The fraction of sp³-hybridized carbons (Fsp3) is 0.412. The third-order valence-corrected chi connectivity index (χ3v) is 4.35. The van der Waals surface area contributed by atoms with Crippen molar-refractivity contribution in [2.45, 2.75) is 0 Å². The van der Waals surface area contributed by atoms with Gasteiger partial charge in [0.2, 0.25) is 11.6 Å². The molecule has 0 saturated carbocycles. The lowest BCUT2D eigenvalue weighted by Crippen LogP contribution is -2.46. The van der Waals surface area contributed by atoms with Gasteiger partial charge in [0, 0.05) is 37.3 Å². The number of nitrogens with zero attached hydrogens (tertiary/aromatic N) is 2. The van der Waals surface area contributed by atoms with E-state index in [2.05, 4.69) is 10.4 Å². The molecule has 3 N–H and O–H groups in total. The van der Waals surface area contributed by atoms with Crippen LogP contribution in [-0.2, 0) is 9.57 Å². The van der Waals surface area contributed by atoms with Crippen LogP contribution >= 0.6 is 0 Å². The highest BCUT2D eigenvalue weighted by molar-refractivity contribution is 6.26. The smallest absolute Gasteiger partial charge is 0.214 e. The van der Waals surface area contributed by atoms with E-state index >= 15 is 0 Å². The molecule has 0 radical (unpaired) electrons. The first-order chi connectivity index (χ1) is 12.1. The number of nitrogens with one attached hydrogen (secondary N) is 1. The Morgan fingerprint density at radius 3 is 2.48 bits per heavy atom. The largest absolute Gasteiger partial charge is 0.379 e. The molecule has 0 atom stereocenters. The first-order valence-electron chi connectivity index (χ1n) is 8.17. The van der Waals surface area contributed by atoms with E-state index in [-0.39, 0.29) is 23.0 Å². The quantitative estimate of drug-likeness (QED) is 0.546. The van der Waals surface area contributed by atoms with Crippen molar-refractivity contribution in [2.24, 2.45) is 5.84 Å². The van der Waals surface area contributed by atoms with Crippen LogP contribution in [0.4, 0.5) is 0 Å². The van der Waals surface area contributed by atoms with Crippen molar-refractivity contribution in [2.75, 3.05) is 46.5 Å². The van der Waals surface area contributed by atoms with Crippen LogP contribution in [0.5, 0.6) is 0 Å². The minimum Gasteiger partial charge on any atom is -0.379 e. The summed E-state index contributed by atoms with van der Waals surface area (Å²) in [5, 5.41) is 1.33. The summed E-state index contributed by atoms with van der Waals surface area (Å²) in [6, 6.07) is 6.70. The average molecular weight is 346 g/mol. The Labute approximate surface area is 146 Å². The van der Waals surface area contributed by atoms with Crippen LogP contribution in [0.25, 0.3) is 0 Å². The van der Waals surface area contributed by atoms with Crippen molar-refractivity contribution in [3.8, 4) is 0 Å². The van der Waals surface area contributed by atoms with E-state index in [9.17, 15) is 9.59 Å². The van der Waals surface area contributed by atoms with Crippen LogP contribution in [0.2, 0.25) is 0 Å². The Kier molecular flexibility index (Phi) is 5.44. The minimum absolute atomic E-state index is 0.0654. The van der Waals surface area contributed by atoms with E-state index in [0.29, 0.717) is 37.4 Å². The molecule has 8 nitrogen and oxygen atoms in total. The number of ketones is 2. The predicted molar refractivity (Wildman–Crippen MR) is 90.4 cm³/mol. The number of ether oxygens (including phenoxy) is 1. The fourth-order valence-corrected chi connectivity index (χ4v) is 3.02. The first-order valence-corrected chi connectivity index (χ1v) is 8.17. The van der Waals surface area contributed by atoms with Gasteiger partial charge in [0.05, 0.1) is 20.3 Å². The van der Waals surface area contributed by atoms with Gasteiger partial charge in [-0.3, -0.25) is 24.8 Å². The van der Waals surface area contributed by atoms with Crippen LogP contribution in [0.3, 0.4) is 0 Å². The molecular weight excluding hydrogens is 324 g/mol. The number of fused-ring (bicyclic) bond motifs is 1. The normalized spacial score (nSPS) is 18.3. The Hall–Kier alpha value is -2.26. The molecule has 1 aromatic rings. The highest BCUT2D eigenvalue weighted by atomic mass is 16.6. The molecule has 0 bridgehead atoms. The number of hydrogen-bond acceptors (Lipinski definition) is 8. The summed E-state index contributed by atoms with van der Waals surface area (Å²) >= 11 is 0. The molecule has 134 valence electrons. The molecule has 2 aliphatic rings. The number of benzene rings is 1. The van der Waals surface area contributed by atoms with Gasteiger partial charge in [-0.2, -0.15) is 0 Å². The van der Waals surface area contributed by atoms with Gasteiger partial charge in [0.25, 0.3) is 0 Å². The molecule has 0 aromatic heterocycles. The molecule has 3 rings (SSSR count). The number of morpholine rings is 1. The minimum atomic E-state index is -0.311. The van der Waals surface area contributed by atoms with E-state index in [0.717, 1.165) is 13.1 Å². The number of rotatable bonds is 6. The molecule has 8 heteroatoms. The topological polar surface area (TPSA) is 97.1 Å². The van der Waals surface area contributed by atoms with Crippen molar-refractivity contribution in [1.82, 2.24) is 15.4 Å². The van der Waals surface area contributed by atoms with Crippen LogP contribution in [0.1, 0.15) is 20.7 Å². The molecule has 1 aliphatic carbocycles. The lowest BCUT2D eigenvalue weighted by Gasteiger charge is -2.31. The second-order valence-corrected chi connectivity index (χ2v) is 5.88. The number of nitrogens with two attached hydrogens (primary N) is 1. The van der Waals surface area contributed by atoms with Crippen molar-refractivity contribution in [1.29, 1.82) is 0 Å². The zero-order valence-electron chi connectivity index (χ0n) is 14.2. The third kappa shape index (κ3) is 3.57. The first kappa shape index (κ1) is 17.6. The zero-order valence-corrected chi connectivity index (χ0v) is 14.2. The van der Waals surface area contributed by atoms with Crippen molar-refractivity contribution >= 4 is 11.6 Å². The second-order valence-electron chi connectivity index (χ2n) is 5.88. The van der Waals surface area contributed by atoms with E-state index in [1.165, 1.54) is 12.1 Å². The van der Waals surface area contributed by atoms with E-state index < -0.39 is 0 Å². The highest BCUT2D eigenvalue weighted by Gasteiger charge is 2.34. The maximum absolute atomic E-state index is 12.9. The molecule has 1 aromatic carbocycles. The summed E-state index contributed by atoms with van der Waals surface area (Å²) in [6.07, 6.45) is 0. The predicted octanol–water partition coefficient (Wildman–Crippen LogP) is -0.0639. The van der Waals surface area contributed by atoms with Gasteiger partial charge < -0.3 is 9.75 Å². The number of allylic oxidation sites excluding steroid dienone is 2. The standard InChI is InChI=1S/C17H22N4O4/c1-24-19-14-15(21(18)7-6-20-8-10-25-11-9-20)17(23)13-5-3-2-4-12(13)16(14)22/h2-5,19H,6-11,18H2,1H3. The van der Waals surface area contributed by atoms with E-state index in [1.54, 1.807) is 24.3 Å². The number of hydroxylamine groups is 1. The maximum atomic E-state index is 12.9. The van der Waals surface area contributed by atoms with Crippen LogP contribution < -0.4 is 11.3 Å². The molecule has 1 fully saturated rings. The number of hydrazine groups is 1. The summed E-state index contributed by atoms with van der Waals surface area (Å²) in [5.41, 5.74) is 3.42. The summed E-state index contributed by atoms with van der Waals surface area (Å²) in [5.74, 6) is 5.54. The van der Waals surface area contributed by atoms with Crippen molar-refractivity contribution in [3.63, 3.8) is 0 Å². The lowest BCUT2D eigenvalue weighted by atomic mass is 9.90. The lowest BCUT2D eigenvalue weighted by molar-refractivity contribution is 0.0343.